The summed E-state index contributed by atoms with van der Waals surface area (Å²) in [5.41, 5.74) is 0.250. The molecule has 0 fully saturated rings. The standard InChI is InChI=1S/C8H6BrClO3/c9-6-4(7(11)8(12)13)2-1-3-5(6)10/h1-3,7,11H,(H,12,13)/t7-/m1/s1. The maximum atomic E-state index is 10.4. The number of aliphatic hydroxyl groups is 1. The Labute approximate surface area is 88.1 Å². The first-order valence-electron chi connectivity index (χ1n) is 3.39. The van der Waals surface area contributed by atoms with Crippen molar-refractivity contribution < 1.29 is 15.0 Å². The van der Waals surface area contributed by atoms with E-state index in [-0.39, 0.29) is 5.56 Å². The molecule has 13 heavy (non-hydrogen) atoms. The first-order chi connectivity index (χ1) is 6.04. The van der Waals surface area contributed by atoms with E-state index < -0.39 is 12.1 Å². The second-order valence-electron chi connectivity index (χ2n) is 2.38. The number of aliphatic hydroxyl groups excluding tert-OH is 1. The van der Waals surface area contributed by atoms with Crippen LogP contribution in [-0.4, -0.2) is 16.2 Å². The van der Waals surface area contributed by atoms with E-state index in [1.807, 2.05) is 0 Å². The van der Waals surface area contributed by atoms with Crippen LogP contribution in [0.2, 0.25) is 5.02 Å². The van der Waals surface area contributed by atoms with E-state index in [4.69, 9.17) is 16.7 Å². The lowest BCUT2D eigenvalue weighted by atomic mass is 10.1. The number of benzene rings is 1. The van der Waals surface area contributed by atoms with Gasteiger partial charge in [-0.25, -0.2) is 4.79 Å². The fraction of sp³-hybridized carbons (Fsp3) is 0.125. The van der Waals surface area contributed by atoms with Crippen LogP contribution in [0.5, 0.6) is 0 Å². The molecule has 0 unspecified atom stereocenters. The van der Waals surface area contributed by atoms with Crippen molar-refractivity contribution in [3.8, 4) is 0 Å². The molecule has 0 aliphatic heterocycles. The minimum absolute atomic E-state index is 0.250. The van der Waals surface area contributed by atoms with Gasteiger partial charge in [-0.3, -0.25) is 0 Å². The van der Waals surface area contributed by atoms with E-state index >= 15 is 0 Å². The average molecular weight is 265 g/mol. The summed E-state index contributed by atoms with van der Waals surface area (Å²) in [4.78, 5) is 10.4. The Morgan fingerprint density at radius 3 is 2.69 bits per heavy atom. The minimum atomic E-state index is -1.55. The van der Waals surface area contributed by atoms with E-state index in [9.17, 15) is 9.90 Å². The number of carboxylic acid groups (broad SMARTS) is 1. The Kier molecular flexibility index (Phi) is 3.30. The van der Waals surface area contributed by atoms with E-state index in [1.165, 1.54) is 6.07 Å². The third-order valence-electron chi connectivity index (χ3n) is 1.51. The molecule has 5 heteroatoms. The summed E-state index contributed by atoms with van der Waals surface area (Å²) >= 11 is 8.81. The SMILES string of the molecule is O=C(O)[C@H](O)c1cccc(Cl)c1Br. The summed E-state index contributed by atoms with van der Waals surface area (Å²) in [5, 5.41) is 18.1. The number of aliphatic carboxylic acids is 1. The normalized spacial score (nSPS) is 12.5. The van der Waals surface area contributed by atoms with Crippen LogP contribution < -0.4 is 0 Å². The van der Waals surface area contributed by atoms with Crippen molar-refractivity contribution in [1.29, 1.82) is 0 Å². The maximum absolute atomic E-state index is 10.4. The van der Waals surface area contributed by atoms with Crippen molar-refractivity contribution in [1.82, 2.24) is 0 Å². The molecule has 0 aliphatic rings. The van der Waals surface area contributed by atoms with Gasteiger partial charge in [0.05, 0.1) is 5.02 Å². The third kappa shape index (κ3) is 2.21. The van der Waals surface area contributed by atoms with Crippen molar-refractivity contribution in [2.45, 2.75) is 6.10 Å². The molecule has 0 spiro atoms. The van der Waals surface area contributed by atoms with E-state index in [1.54, 1.807) is 12.1 Å². The topological polar surface area (TPSA) is 57.5 Å². The molecule has 1 aromatic rings. The Morgan fingerprint density at radius 1 is 1.54 bits per heavy atom. The molecule has 2 N–H and O–H groups in total. The number of halogens is 2. The number of carbonyl (C=O) groups is 1. The molecule has 0 aromatic heterocycles. The molecule has 0 saturated heterocycles. The molecule has 0 aliphatic carbocycles. The third-order valence-corrected chi connectivity index (χ3v) is 2.94. The molecule has 1 atom stereocenters. The molecule has 0 bridgehead atoms. The number of carboxylic acids is 1. The van der Waals surface area contributed by atoms with Gasteiger partial charge in [-0.2, -0.15) is 0 Å². The second kappa shape index (κ2) is 4.09. The highest BCUT2D eigenvalue weighted by Crippen LogP contribution is 2.30. The first kappa shape index (κ1) is 10.5. The average Bonchev–Trinajstić information content (AvgIpc) is 2.08. The summed E-state index contributed by atoms with van der Waals surface area (Å²) in [6.07, 6.45) is -1.55. The van der Waals surface area contributed by atoms with Crippen molar-refractivity contribution in [3.05, 3.63) is 33.3 Å². The van der Waals surface area contributed by atoms with Crippen LogP contribution >= 0.6 is 27.5 Å². The highest BCUT2D eigenvalue weighted by Gasteiger charge is 2.19. The van der Waals surface area contributed by atoms with Crippen LogP contribution in [0.1, 0.15) is 11.7 Å². The Morgan fingerprint density at radius 2 is 2.15 bits per heavy atom. The zero-order valence-corrected chi connectivity index (χ0v) is 8.71. The predicted octanol–water partition coefficient (Wildman–Crippen LogP) is 2.22. The molecule has 1 rings (SSSR count). The van der Waals surface area contributed by atoms with Crippen LogP contribution in [0.25, 0.3) is 0 Å². The molecule has 0 amide bonds. The lowest BCUT2D eigenvalue weighted by Crippen LogP contribution is -2.10. The summed E-state index contributed by atoms with van der Waals surface area (Å²) < 4.78 is 0.409. The highest BCUT2D eigenvalue weighted by atomic mass is 79.9. The monoisotopic (exact) mass is 264 g/mol. The van der Waals surface area contributed by atoms with Gasteiger partial charge in [0.15, 0.2) is 6.10 Å². The first-order valence-corrected chi connectivity index (χ1v) is 4.56. The number of hydrogen-bond acceptors (Lipinski definition) is 2. The van der Waals surface area contributed by atoms with Crippen LogP contribution in [0.4, 0.5) is 0 Å². The summed E-state index contributed by atoms with van der Waals surface area (Å²) in [6.45, 7) is 0. The molecular weight excluding hydrogens is 259 g/mol. The highest BCUT2D eigenvalue weighted by molar-refractivity contribution is 9.10. The largest absolute Gasteiger partial charge is 0.479 e. The van der Waals surface area contributed by atoms with Gasteiger partial charge in [-0.15, -0.1) is 0 Å². The fourth-order valence-corrected chi connectivity index (χ4v) is 1.53. The molecular formula is C8H6BrClO3. The molecule has 70 valence electrons. The van der Waals surface area contributed by atoms with E-state index in [0.29, 0.717) is 9.50 Å². The van der Waals surface area contributed by atoms with Gasteiger partial charge in [0, 0.05) is 10.0 Å². The summed E-state index contributed by atoms with van der Waals surface area (Å²) in [6, 6.07) is 4.67. The van der Waals surface area contributed by atoms with E-state index in [0.717, 1.165) is 0 Å². The maximum Gasteiger partial charge on any atom is 0.337 e. The van der Waals surface area contributed by atoms with Crippen LogP contribution in [0, 0.1) is 0 Å². The molecule has 3 nitrogen and oxygen atoms in total. The van der Waals surface area contributed by atoms with Crippen LogP contribution in [0.15, 0.2) is 22.7 Å². The van der Waals surface area contributed by atoms with Crippen LogP contribution in [0.3, 0.4) is 0 Å². The zero-order chi connectivity index (χ0) is 10.0. The lowest BCUT2D eigenvalue weighted by molar-refractivity contribution is -0.147. The molecule has 0 heterocycles. The fourth-order valence-electron chi connectivity index (χ4n) is 0.865. The van der Waals surface area contributed by atoms with Gasteiger partial charge in [0.1, 0.15) is 0 Å². The molecule has 0 radical (unpaired) electrons. The molecule has 1 aromatic carbocycles. The van der Waals surface area contributed by atoms with Crippen molar-refractivity contribution in [2.75, 3.05) is 0 Å². The van der Waals surface area contributed by atoms with Gasteiger partial charge in [-0.1, -0.05) is 23.7 Å². The smallest absolute Gasteiger partial charge is 0.337 e. The van der Waals surface area contributed by atoms with Gasteiger partial charge >= 0.3 is 5.97 Å². The van der Waals surface area contributed by atoms with Crippen molar-refractivity contribution in [2.24, 2.45) is 0 Å². The lowest BCUT2D eigenvalue weighted by Gasteiger charge is -2.08. The predicted molar refractivity (Wildman–Crippen MR) is 51.7 cm³/mol. The van der Waals surface area contributed by atoms with Crippen molar-refractivity contribution >= 4 is 33.5 Å². The van der Waals surface area contributed by atoms with Crippen molar-refractivity contribution in [3.63, 3.8) is 0 Å². The van der Waals surface area contributed by atoms with Crippen LogP contribution in [-0.2, 0) is 4.79 Å². The van der Waals surface area contributed by atoms with Gasteiger partial charge < -0.3 is 10.2 Å². The van der Waals surface area contributed by atoms with E-state index in [2.05, 4.69) is 15.9 Å². The van der Waals surface area contributed by atoms with Gasteiger partial charge in [0.25, 0.3) is 0 Å². The Hall–Kier alpha value is -0.580. The summed E-state index contributed by atoms with van der Waals surface area (Å²) in [7, 11) is 0. The zero-order valence-electron chi connectivity index (χ0n) is 6.37. The number of rotatable bonds is 2. The second-order valence-corrected chi connectivity index (χ2v) is 3.58. The Balaban J connectivity index is 3.15. The Bertz CT molecular complexity index is 340. The minimum Gasteiger partial charge on any atom is -0.479 e. The van der Waals surface area contributed by atoms with Gasteiger partial charge in [0.2, 0.25) is 0 Å². The quantitative estimate of drug-likeness (QED) is 0.862. The number of hydrogen-bond donors (Lipinski definition) is 2. The molecule has 0 saturated carbocycles. The van der Waals surface area contributed by atoms with Gasteiger partial charge in [-0.05, 0) is 22.0 Å². The summed E-state index contributed by atoms with van der Waals surface area (Å²) in [5.74, 6) is -1.30.